The number of nitrogens with two attached hydrogens (primary N) is 1. The van der Waals surface area contributed by atoms with Gasteiger partial charge in [-0.1, -0.05) is 6.07 Å². The third-order valence-corrected chi connectivity index (χ3v) is 2.71. The molecular weight excluding hydrogens is 190 g/mol. The lowest BCUT2D eigenvalue weighted by Crippen LogP contribution is -2.25. The normalized spacial score (nSPS) is 14.7. The summed E-state index contributed by atoms with van der Waals surface area (Å²) in [6.07, 6.45) is 0.0112. The minimum Gasteiger partial charge on any atom is -0.497 e. The van der Waals surface area contributed by atoms with Gasteiger partial charge in [-0.05, 0) is 37.1 Å². The standard InChI is InChI=1S/C12H19NO2/c1-8-7-10(15-4)5-6-11(8)12(13)9(2)14-3/h5-7,9,12H,13H2,1-4H3. The van der Waals surface area contributed by atoms with E-state index in [1.165, 1.54) is 0 Å². The van der Waals surface area contributed by atoms with Crippen LogP contribution in [-0.2, 0) is 4.74 Å². The van der Waals surface area contributed by atoms with Gasteiger partial charge >= 0.3 is 0 Å². The maximum absolute atomic E-state index is 6.08. The van der Waals surface area contributed by atoms with Crippen molar-refractivity contribution in [2.24, 2.45) is 5.73 Å². The molecule has 0 aromatic heterocycles. The molecule has 1 aromatic rings. The molecule has 3 nitrogen and oxygen atoms in total. The van der Waals surface area contributed by atoms with E-state index in [1.54, 1.807) is 14.2 Å². The Morgan fingerprint density at radius 2 is 1.93 bits per heavy atom. The van der Waals surface area contributed by atoms with Crippen LogP contribution in [0.4, 0.5) is 0 Å². The molecule has 0 spiro atoms. The molecule has 1 rings (SSSR count). The summed E-state index contributed by atoms with van der Waals surface area (Å²) in [5.41, 5.74) is 8.31. The smallest absolute Gasteiger partial charge is 0.119 e. The SMILES string of the molecule is COc1ccc(C(N)C(C)OC)c(C)c1. The van der Waals surface area contributed by atoms with Gasteiger partial charge in [-0.3, -0.25) is 0 Å². The van der Waals surface area contributed by atoms with E-state index in [2.05, 4.69) is 0 Å². The Hall–Kier alpha value is -1.06. The molecule has 0 aliphatic rings. The first-order valence-electron chi connectivity index (χ1n) is 5.03. The van der Waals surface area contributed by atoms with Crippen LogP contribution in [-0.4, -0.2) is 20.3 Å². The van der Waals surface area contributed by atoms with Crippen molar-refractivity contribution in [3.05, 3.63) is 29.3 Å². The van der Waals surface area contributed by atoms with Crippen LogP contribution in [0.15, 0.2) is 18.2 Å². The quantitative estimate of drug-likeness (QED) is 0.825. The Kier molecular flexibility index (Phi) is 4.12. The topological polar surface area (TPSA) is 44.5 Å². The lowest BCUT2D eigenvalue weighted by atomic mass is 9.98. The van der Waals surface area contributed by atoms with E-state index < -0.39 is 0 Å². The molecule has 15 heavy (non-hydrogen) atoms. The van der Waals surface area contributed by atoms with Crippen molar-refractivity contribution >= 4 is 0 Å². The second-order valence-corrected chi connectivity index (χ2v) is 3.69. The highest BCUT2D eigenvalue weighted by Crippen LogP contribution is 2.23. The fourth-order valence-electron chi connectivity index (χ4n) is 1.55. The number of hydrogen-bond donors (Lipinski definition) is 1. The number of ether oxygens (including phenoxy) is 2. The van der Waals surface area contributed by atoms with Crippen LogP contribution < -0.4 is 10.5 Å². The zero-order valence-electron chi connectivity index (χ0n) is 9.78. The summed E-state index contributed by atoms with van der Waals surface area (Å²) in [5.74, 6) is 0.855. The molecule has 0 aliphatic carbocycles. The van der Waals surface area contributed by atoms with E-state index in [9.17, 15) is 0 Å². The molecule has 1 aromatic carbocycles. The van der Waals surface area contributed by atoms with Crippen molar-refractivity contribution in [3.8, 4) is 5.75 Å². The Bertz CT molecular complexity index is 325. The Morgan fingerprint density at radius 1 is 1.27 bits per heavy atom. The molecule has 0 radical (unpaired) electrons. The molecule has 3 heteroatoms. The second-order valence-electron chi connectivity index (χ2n) is 3.69. The molecule has 0 heterocycles. The van der Waals surface area contributed by atoms with Crippen LogP contribution in [0.25, 0.3) is 0 Å². The summed E-state index contributed by atoms with van der Waals surface area (Å²) < 4.78 is 10.4. The summed E-state index contributed by atoms with van der Waals surface area (Å²) in [6, 6.07) is 5.80. The fraction of sp³-hybridized carbons (Fsp3) is 0.500. The van der Waals surface area contributed by atoms with Gasteiger partial charge < -0.3 is 15.2 Å². The maximum Gasteiger partial charge on any atom is 0.119 e. The van der Waals surface area contributed by atoms with Crippen LogP contribution >= 0.6 is 0 Å². The van der Waals surface area contributed by atoms with E-state index >= 15 is 0 Å². The summed E-state index contributed by atoms with van der Waals surface area (Å²) in [6.45, 7) is 3.99. The number of hydrogen-bond acceptors (Lipinski definition) is 3. The van der Waals surface area contributed by atoms with Gasteiger partial charge in [0, 0.05) is 7.11 Å². The van der Waals surface area contributed by atoms with Crippen molar-refractivity contribution in [1.82, 2.24) is 0 Å². The van der Waals surface area contributed by atoms with E-state index in [4.69, 9.17) is 15.2 Å². The summed E-state index contributed by atoms with van der Waals surface area (Å²) in [7, 11) is 3.33. The number of benzene rings is 1. The average molecular weight is 209 g/mol. The van der Waals surface area contributed by atoms with Gasteiger partial charge in [0.15, 0.2) is 0 Å². The first-order valence-corrected chi connectivity index (χ1v) is 5.03. The molecule has 0 saturated heterocycles. The molecule has 2 N–H and O–H groups in total. The minimum atomic E-state index is -0.0964. The highest BCUT2D eigenvalue weighted by molar-refractivity contribution is 5.36. The van der Waals surface area contributed by atoms with Crippen molar-refractivity contribution in [2.45, 2.75) is 26.0 Å². The number of rotatable bonds is 4. The largest absolute Gasteiger partial charge is 0.497 e. The van der Waals surface area contributed by atoms with Gasteiger partial charge in [0.1, 0.15) is 5.75 Å². The molecule has 0 amide bonds. The molecule has 0 aliphatic heterocycles. The molecular formula is C12H19NO2. The van der Waals surface area contributed by atoms with Gasteiger partial charge in [0.05, 0.1) is 19.3 Å². The van der Waals surface area contributed by atoms with Crippen LogP contribution in [0, 0.1) is 6.92 Å². The van der Waals surface area contributed by atoms with E-state index in [1.807, 2.05) is 32.0 Å². The molecule has 84 valence electrons. The highest BCUT2D eigenvalue weighted by Gasteiger charge is 2.16. The molecule has 0 bridgehead atoms. The van der Waals surface area contributed by atoms with E-state index in [0.717, 1.165) is 16.9 Å². The first-order chi connectivity index (χ1) is 7.10. The lowest BCUT2D eigenvalue weighted by Gasteiger charge is -2.20. The average Bonchev–Trinajstić information content (AvgIpc) is 2.26. The first kappa shape index (κ1) is 12.0. The second kappa shape index (κ2) is 5.14. The minimum absolute atomic E-state index is 0.0112. The van der Waals surface area contributed by atoms with Crippen molar-refractivity contribution in [2.75, 3.05) is 14.2 Å². The van der Waals surface area contributed by atoms with Crippen molar-refractivity contribution < 1.29 is 9.47 Å². The summed E-state index contributed by atoms with van der Waals surface area (Å²) in [4.78, 5) is 0. The van der Waals surface area contributed by atoms with Crippen LogP contribution in [0.3, 0.4) is 0 Å². The lowest BCUT2D eigenvalue weighted by molar-refractivity contribution is 0.0954. The van der Waals surface area contributed by atoms with Gasteiger partial charge in [-0.25, -0.2) is 0 Å². The monoisotopic (exact) mass is 209 g/mol. The van der Waals surface area contributed by atoms with Gasteiger partial charge in [0.25, 0.3) is 0 Å². The number of methoxy groups -OCH3 is 2. The summed E-state index contributed by atoms with van der Waals surface area (Å²) >= 11 is 0. The third kappa shape index (κ3) is 2.70. The van der Waals surface area contributed by atoms with Crippen LogP contribution in [0.5, 0.6) is 5.75 Å². The zero-order chi connectivity index (χ0) is 11.4. The Balaban J connectivity index is 2.95. The van der Waals surface area contributed by atoms with Crippen LogP contribution in [0.2, 0.25) is 0 Å². The maximum atomic E-state index is 6.08. The predicted molar refractivity (Wildman–Crippen MR) is 61.1 cm³/mol. The Labute approximate surface area is 91.2 Å². The van der Waals surface area contributed by atoms with Crippen molar-refractivity contribution in [3.63, 3.8) is 0 Å². The fourth-order valence-corrected chi connectivity index (χ4v) is 1.55. The van der Waals surface area contributed by atoms with E-state index in [-0.39, 0.29) is 12.1 Å². The molecule has 2 atom stereocenters. The van der Waals surface area contributed by atoms with Crippen molar-refractivity contribution in [1.29, 1.82) is 0 Å². The third-order valence-electron chi connectivity index (χ3n) is 2.71. The zero-order valence-corrected chi connectivity index (χ0v) is 9.78. The number of aryl methyl sites for hydroxylation is 1. The van der Waals surface area contributed by atoms with E-state index in [0.29, 0.717) is 0 Å². The van der Waals surface area contributed by atoms with Gasteiger partial charge in [0.2, 0.25) is 0 Å². The molecule has 0 fully saturated rings. The van der Waals surface area contributed by atoms with Gasteiger partial charge in [-0.2, -0.15) is 0 Å². The molecule has 2 unspecified atom stereocenters. The summed E-state index contributed by atoms with van der Waals surface area (Å²) in [5, 5.41) is 0. The Morgan fingerprint density at radius 3 is 2.40 bits per heavy atom. The highest BCUT2D eigenvalue weighted by atomic mass is 16.5. The van der Waals surface area contributed by atoms with Crippen LogP contribution in [0.1, 0.15) is 24.1 Å². The van der Waals surface area contributed by atoms with Gasteiger partial charge in [-0.15, -0.1) is 0 Å². The molecule has 0 saturated carbocycles. The predicted octanol–water partition coefficient (Wildman–Crippen LogP) is 2.04.